The van der Waals surface area contributed by atoms with Gasteiger partial charge in [-0.25, -0.2) is 9.37 Å². The molecule has 0 atom stereocenters. The van der Waals surface area contributed by atoms with Crippen LogP contribution in [0.3, 0.4) is 0 Å². The number of nitrogens with zero attached hydrogens (tertiary/aromatic N) is 4. The lowest BCUT2D eigenvalue weighted by atomic mass is 10.2. The van der Waals surface area contributed by atoms with Gasteiger partial charge in [-0.2, -0.15) is 0 Å². The molecule has 0 radical (unpaired) electrons. The predicted octanol–water partition coefficient (Wildman–Crippen LogP) is 4.56. The Labute approximate surface area is 201 Å². The summed E-state index contributed by atoms with van der Waals surface area (Å²) in [5, 5.41) is 9.77. The number of likely N-dealkylation sites (N-methyl/N-ethyl adjacent to an activating group) is 1. The van der Waals surface area contributed by atoms with E-state index in [1.807, 2.05) is 25.1 Å². The molecule has 2 aromatic carbocycles. The number of hydrogen-bond acceptors (Lipinski definition) is 5. The van der Waals surface area contributed by atoms with E-state index < -0.39 is 11.4 Å². The average Bonchev–Trinajstić information content (AvgIpc) is 2.84. The minimum absolute atomic E-state index is 0.0878. The van der Waals surface area contributed by atoms with Crippen LogP contribution in [0.1, 0.15) is 24.1 Å². The number of halogens is 2. The molecule has 6 nitrogen and oxygen atoms in total. The molecule has 2 heterocycles. The summed E-state index contributed by atoms with van der Waals surface area (Å²) in [6.45, 7) is 4.11. The van der Waals surface area contributed by atoms with E-state index in [0.717, 1.165) is 12.2 Å². The number of para-hydroxylation sites is 1. The molecule has 0 amide bonds. The maximum absolute atomic E-state index is 13.9. The first-order valence-electron chi connectivity index (χ1n) is 10.9. The lowest BCUT2D eigenvalue weighted by Gasteiger charge is -2.18. The van der Waals surface area contributed by atoms with Crippen LogP contribution in [-0.2, 0) is 6.54 Å². The van der Waals surface area contributed by atoms with Gasteiger partial charge in [0, 0.05) is 13.1 Å². The van der Waals surface area contributed by atoms with Gasteiger partial charge >= 0.3 is 0 Å². The molecule has 0 aliphatic heterocycles. The Morgan fingerprint density at radius 1 is 1.09 bits per heavy atom. The minimum Gasteiger partial charge on any atom is -0.395 e. The van der Waals surface area contributed by atoms with Crippen molar-refractivity contribution < 1.29 is 9.50 Å². The van der Waals surface area contributed by atoms with Gasteiger partial charge in [-0.15, -0.1) is 0 Å². The SMILES string of the molecule is CCN(CCO)Cc1cccc(/C=C/c2nc3ccc(F)cc3c(=O)n2-c2ccccc2Cl)n1. The van der Waals surface area contributed by atoms with E-state index in [4.69, 9.17) is 11.6 Å². The van der Waals surface area contributed by atoms with Crippen LogP contribution in [0.2, 0.25) is 5.02 Å². The zero-order valence-corrected chi connectivity index (χ0v) is 19.4. The first-order valence-corrected chi connectivity index (χ1v) is 11.3. The summed E-state index contributed by atoms with van der Waals surface area (Å²) in [5.41, 5.74) is 1.98. The van der Waals surface area contributed by atoms with Gasteiger partial charge in [0.15, 0.2) is 0 Å². The minimum atomic E-state index is -0.510. The molecule has 2 aromatic heterocycles. The summed E-state index contributed by atoms with van der Waals surface area (Å²) in [7, 11) is 0. The van der Waals surface area contributed by atoms with E-state index in [9.17, 15) is 14.3 Å². The van der Waals surface area contributed by atoms with E-state index in [2.05, 4.69) is 14.9 Å². The number of aliphatic hydroxyl groups is 1. The van der Waals surface area contributed by atoms with Crippen LogP contribution in [0, 0.1) is 5.82 Å². The molecular formula is C26H24ClFN4O2. The molecular weight excluding hydrogens is 455 g/mol. The zero-order chi connectivity index (χ0) is 24.1. The maximum atomic E-state index is 13.9. The fourth-order valence-electron chi connectivity index (χ4n) is 3.71. The molecule has 34 heavy (non-hydrogen) atoms. The van der Waals surface area contributed by atoms with Crippen LogP contribution in [0.4, 0.5) is 4.39 Å². The Balaban J connectivity index is 1.78. The first kappa shape index (κ1) is 23.8. The van der Waals surface area contributed by atoms with E-state index in [0.29, 0.717) is 40.8 Å². The van der Waals surface area contributed by atoms with Crippen molar-refractivity contribution >= 4 is 34.7 Å². The van der Waals surface area contributed by atoms with Crippen LogP contribution in [-0.4, -0.2) is 44.2 Å². The number of fused-ring (bicyclic) bond motifs is 1. The summed E-state index contributed by atoms with van der Waals surface area (Å²) in [6.07, 6.45) is 3.47. The van der Waals surface area contributed by atoms with Crippen molar-refractivity contribution in [2.75, 3.05) is 19.7 Å². The van der Waals surface area contributed by atoms with Crippen molar-refractivity contribution in [1.29, 1.82) is 0 Å². The molecule has 1 N–H and O–H groups in total. The Hall–Kier alpha value is -3.39. The molecule has 0 saturated heterocycles. The molecule has 4 aromatic rings. The number of rotatable bonds is 8. The standard InChI is InChI=1S/C26H24ClFN4O2/c1-2-31(14-15-33)17-20-7-5-6-19(29-20)11-13-25-30-23-12-10-18(28)16-21(23)26(34)32(25)24-9-4-3-8-22(24)27/h3-13,16,33H,2,14-15,17H2,1H3/b13-11+. The van der Waals surface area contributed by atoms with Crippen LogP contribution >= 0.6 is 11.6 Å². The highest BCUT2D eigenvalue weighted by atomic mass is 35.5. The van der Waals surface area contributed by atoms with E-state index in [1.54, 1.807) is 36.4 Å². The highest BCUT2D eigenvalue weighted by molar-refractivity contribution is 6.32. The van der Waals surface area contributed by atoms with Gasteiger partial charge in [0.2, 0.25) is 0 Å². The van der Waals surface area contributed by atoms with Crippen LogP contribution in [0.5, 0.6) is 0 Å². The topological polar surface area (TPSA) is 71.2 Å². The number of aliphatic hydroxyl groups excluding tert-OH is 1. The van der Waals surface area contributed by atoms with Crippen LogP contribution in [0.15, 0.2) is 65.5 Å². The van der Waals surface area contributed by atoms with Crippen molar-refractivity contribution in [2.45, 2.75) is 13.5 Å². The summed E-state index contributed by atoms with van der Waals surface area (Å²) in [4.78, 5) is 24.7. The maximum Gasteiger partial charge on any atom is 0.266 e. The van der Waals surface area contributed by atoms with E-state index in [-0.39, 0.29) is 12.0 Å². The van der Waals surface area contributed by atoms with E-state index >= 15 is 0 Å². The van der Waals surface area contributed by atoms with Crippen LogP contribution < -0.4 is 5.56 Å². The monoisotopic (exact) mass is 478 g/mol. The molecule has 0 bridgehead atoms. The Morgan fingerprint density at radius 2 is 1.91 bits per heavy atom. The molecule has 8 heteroatoms. The second-order valence-electron chi connectivity index (χ2n) is 7.70. The van der Waals surface area contributed by atoms with Crippen LogP contribution in [0.25, 0.3) is 28.7 Å². The molecule has 0 unspecified atom stereocenters. The first-order chi connectivity index (χ1) is 16.5. The van der Waals surface area contributed by atoms with Gasteiger partial charge in [-0.1, -0.05) is 36.7 Å². The Bertz CT molecular complexity index is 1400. The third kappa shape index (κ3) is 5.22. The normalized spacial score (nSPS) is 11.7. The molecule has 0 spiro atoms. The smallest absolute Gasteiger partial charge is 0.266 e. The second kappa shape index (κ2) is 10.7. The summed E-state index contributed by atoms with van der Waals surface area (Å²) >= 11 is 6.39. The third-order valence-corrected chi connectivity index (χ3v) is 5.75. The second-order valence-corrected chi connectivity index (χ2v) is 8.11. The molecule has 0 aliphatic rings. The highest BCUT2D eigenvalue weighted by Gasteiger charge is 2.14. The summed E-state index contributed by atoms with van der Waals surface area (Å²) in [6, 6.07) is 16.6. The molecule has 0 aliphatic carbocycles. The largest absolute Gasteiger partial charge is 0.395 e. The quantitative estimate of drug-likeness (QED) is 0.402. The lowest BCUT2D eigenvalue weighted by Crippen LogP contribution is -2.26. The number of benzene rings is 2. The molecule has 174 valence electrons. The predicted molar refractivity (Wildman–Crippen MR) is 134 cm³/mol. The fraction of sp³-hybridized carbons (Fsp3) is 0.192. The lowest BCUT2D eigenvalue weighted by molar-refractivity contribution is 0.195. The molecule has 4 rings (SSSR count). The average molecular weight is 479 g/mol. The van der Waals surface area contributed by atoms with Gasteiger partial charge in [0.05, 0.1) is 39.6 Å². The number of pyridine rings is 1. The van der Waals surface area contributed by atoms with Gasteiger partial charge in [0.1, 0.15) is 11.6 Å². The third-order valence-electron chi connectivity index (χ3n) is 5.43. The van der Waals surface area contributed by atoms with Gasteiger partial charge in [-0.05, 0) is 61.2 Å². The number of hydrogen-bond donors (Lipinski definition) is 1. The van der Waals surface area contributed by atoms with Crippen molar-refractivity contribution in [3.05, 3.63) is 99.1 Å². The van der Waals surface area contributed by atoms with Crippen molar-refractivity contribution in [2.24, 2.45) is 0 Å². The molecule has 0 fully saturated rings. The Kier molecular flexibility index (Phi) is 7.47. The van der Waals surface area contributed by atoms with Gasteiger partial charge < -0.3 is 5.11 Å². The highest BCUT2D eigenvalue weighted by Crippen LogP contribution is 2.22. The van der Waals surface area contributed by atoms with Crippen molar-refractivity contribution in [1.82, 2.24) is 19.4 Å². The van der Waals surface area contributed by atoms with Crippen molar-refractivity contribution in [3.63, 3.8) is 0 Å². The van der Waals surface area contributed by atoms with Crippen molar-refractivity contribution in [3.8, 4) is 5.69 Å². The summed E-state index contributed by atoms with van der Waals surface area (Å²) < 4.78 is 15.2. The Morgan fingerprint density at radius 3 is 2.68 bits per heavy atom. The van der Waals surface area contributed by atoms with Gasteiger partial charge in [-0.3, -0.25) is 19.2 Å². The zero-order valence-electron chi connectivity index (χ0n) is 18.7. The fourth-order valence-corrected chi connectivity index (χ4v) is 3.93. The summed E-state index contributed by atoms with van der Waals surface area (Å²) in [5.74, 6) is -0.163. The van der Waals surface area contributed by atoms with Gasteiger partial charge in [0.25, 0.3) is 5.56 Å². The number of aromatic nitrogens is 3. The molecule has 0 saturated carbocycles. The van der Waals surface area contributed by atoms with E-state index in [1.165, 1.54) is 22.8 Å².